The molecule has 1 amide bonds. The first-order valence-corrected chi connectivity index (χ1v) is 8.63. The Labute approximate surface area is 147 Å². The van der Waals surface area contributed by atoms with Crippen LogP contribution in [0.25, 0.3) is 0 Å². The summed E-state index contributed by atoms with van der Waals surface area (Å²) >= 11 is 0. The van der Waals surface area contributed by atoms with Crippen molar-refractivity contribution in [2.24, 2.45) is 5.73 Å². The van der Waals surface area contributed by atoms with Gasteiger partial charge in [-0.1, -0.05) is 17.3 Å². The number of aliphatic hydroxyl groups is 1. The minimum Gasteiger partial charge on any atom is -0.382 e. The van der Waals surface area contributed by atoms with Crippen molar-refractivity contribution in [1.82, 2.24) is 19.9 Å². The van der Waals surface area contributed by atoms with Crippen LogP contribution in [0, 0.1) is 0 Å². The first kappa shape index (κ1) is 17.6. The Bertz CT molecular complexity index is 757. The zero-order valence-electron chi connectivity index (χ0n) is 14.7. The molecule has 134 valence electrons. The van der Waals surface area contributed by atoms with E-state index in [-0.39, 0.29) is 6.04 Å². The van der Waals surface area contributed by atoms with Crippen LogP contribution in [-0.4, -0.2) is 44.0 Å². The van der Waals surface area contributed by atoms with Crippen LogP contribution in [0.2, 0.25) is 0 Å². The predicted octanol–water partition coefficient (Wildman–Crippen LogP) is 1.44. The molecule has 1 atom stereocenters. The van der Waals surface area contributed by atoms with Crippen molar-refractivity contribution in [3.05, 3.63) is 47.3 Å². The highest BCUT2D eigenvalue weighted by Crippen LogP contribution is 2.31. The van der Waals surface area contributed by atoms with E-state index in [1.54, 1.807) is 10.7 Å². The zero-order chi connectivity index (χ0) is 18.0. The second kappa shape index (κ2) is 6.93. The van der Waals surface area contributed by atoms with Gasteiger partial charge in [-0.05, 0) is 50.9 Å². The molecule has 1 aromatic heterocycles. The summed E-state index contributed by atoms with van der Waals surface area (Å²) in [6, 6.07) is 7.53. The summed E-state index contributed by atoms with van der Waals surface area (Å²) < 4.78 is 1.77. The van der Waals surface area contributed by atoms with Gasteiger partial charge in [0.05, 0.1) is 6.20 Å². The first-order chi connectivity index (χ1) is 11.9. The minimum absolute atomic E-state index is 0.209. The van der Waals surface area contributed by atoms with Crippen LogP contribution in [0.15, 0.2) is 30.5 Å². The van der Waals surface area contributed by atoms with Gasteiger partial charge >= 0.3 is 0 Å². The average Bonchev–Trinajstić information content (AvgIpc) is 3.06. The molecule has 25 heavy (non-hydrogen) atoms. The van der Waals surface area contributed by atoms with Crippen LogP contribution in [-0.2, 0) is 12.1 Å². The van der Waals surface area contributed by atoms with Crippen LogP contribution in [0.1, 0.15) is 54.3 Å². The Morgan fingerprint density at radius 3 is 2.92 bits per heavy atom. The molecule has 1 fully saturated rings. The predicted molar refractivity (Wildman–Crippen MR) is 93.8 cm³/mol. The molecule has 0 saturated carbocycles. The van der Waals surface area contributed by atoms with Crippen LogP contribution in [0.5, 0.6) is 0 Å². The molecule has 0 radical (unpaired) electrons. The SMILES string of the molecule is CC(C)n1cc([C@]2(O)CCCN(Cc3cccc(C(N)=O)c3)C2)nn1. The number of likely N-dealkylation sites (tertiary alicyclic amines) is 1. The molecule has 2 heterocycles. The van der Waals surface area contributed by atoms with E-state index in [1.165, 1.54) is 0 Å². The molecule has 2 aromatic rings. The summed E-state index contributed by atoms with van der Waals surface area (Å²) in [7, 11) is 0. The fourth-order valence-corrected chi connectivity index (χ4v) is 3.29. The number of amides is 1. The number of carbonyl (C=O) groups excluding carboxylic acids is 1. The minimum atomic E-state index is -0.993. The third-order valence-corrected chi connectivity index (χ3v) is 4.68. The molecular formula is C18H25N5O2. The fraction of sp³-hybridized carbons (Fsp3) is 0.500. The average molecular weight is 343 g/mol. The Morgan fingerprint density at radius 1 is 1.44 bits per heavy atom. The van der Waals surface area contributed by atoms with Crippen molar-refractivity contribution in [3.8, 4) is 0 Å². The van der Waals surface area contributed by atoms with E-state index >= 15 is 0 Å². The molecular weight excluding hydrogens is 318 g/mol. The maximum atomic E-state index is 11.3. The second-order valence-electron chi connectivity index (χ2n) is 7.09. The molecule has 7 nitrogen and oxygen atoms in total. The monoisotopic (exact) mass is 343 g/mol. The van der Waals surface area contributed by atoms with Gasteiger partial charge in [-0.15, -0.1) is 5.10 Å². The van der Waals surface area contributed by atoms with Crippen LogP contribution >= 0.6 is 0 Å². The van der Waals surface area contributed by atoms with Gasteiger partial charge in [0.1, 0.15) is 11.3 Å². The molecule has 0 aliphatic carbocycles. The van der Waals surface area contributed by atoms with Crippen molar-refractivity contribution in [1.29, 1.82) is 0 Å². The van der Waals surface area contributed by atoms with Crippen molar-refractivity contribution < 1.29 is 9.90 Å². The summed E-state index contributed by atoms with van der Waals surface area (Å²) in [4.78, 5) is 13.5. The van der Waals surface area contributed by atoms with Crippen LogP contribution in [0.3, 0.4) is 0 Å². The van der Waals surface area contributed by atoms with Gasteiger partial charge in [-0.25, -0.2) is 4.68 Å². The summed E-state index contributed by atoms with van der Waals surface area (Å²) in [6.45, 7) is 6.09. The second-order valence-corrected chi connectivity index (χ2v) is 7.09. The van der Waals surface area contributed by atoms with Gasteiger partial charge in [0.25, 0.3) is 0 Å². The van der Waals surface area contributed by atoms with Gasteiger partial charge in [-0.2, -0.15) is 0 Å². The topological polar surface area (TPSA) is 97.3 Å². The number of β-amino-alcohol motifs (C(OH)–C–C–N with tert-alkyl or cyclic N) is 1. The first-order valence-electron chi connectivity index (χ1n) is 8.63. The van der Waals surface area contributed by atoms with Crippen molar-refractivity contribution in [2.45, 2.75) is 44.9 Å². The number of hydrogen-bond donors (Lipinski definition) is 2. The van der Waals surface area contributed by atoms with Gasteiger partial charge in [0.15, 0.2) is 0 Å². The maximum Gasteiger partial charge on any atom is 0.248 e. The molecule has 0 bridgehead atoms. The highest BCUT2D eigenvalue weighted by molar-refractivity contribution is 5.92. The summed E-state index contributed by atoms with van der Waals surface area (Å²) in [6.07, 6.45) is 3.38. The van der Waals surface area contributed by atoms with Gasteiger partial charge in [0, 0.05) is 24.7 Å². The maximum absolute atomic E-state index is 11.3. The molecule has 1 aliphatic heterocycles. The third kappa shape index (κ3) is 3.88. The molecule has 0 spiro atoms. The van der Waals surface area contributed by atoms with Crippen LogP contribution < -0.4 is 5.73 Å². The van der Waals surface area contributed by atoms with Gasteiger partial charge in [-0.3, -0.25) is 9.69 Å². The number of aromatic nitrogens is 3. The van der Waals surface area contributed by atoms with Crippen molar-refractivity contribution in [3.63, 3.8) is 0 Å². The van der Waals surface area contributed by atoms with E-state index in [2.05, 4.69) is 15.2 Å². The molecule has 3 rings (SSSR count). The summed E-state index contributed by atoms with van der Waals surface area (Å²) in [5.41, 5.74) is 6.49. The lowest BCUT2D eigenvalue weighted by atomic mass is 9.89. The number of hydrogen-bond acceptors (Lipinski definition) is 5. The fourth-order valence-electron chi connectivity index (χ4n) is 3.29. The molecule has 1 aromatic carbocycles. The van der Waals surface area contributed by atoms with Gasteiger partial charge in [0.2, 0.25) is 5.91 Å². The third-order valence-electron chi connectivity index (χ3n) is 4.68. The smallest absolute Gasteiger partial charge is 0.248 e. The Kier molecular flexibility index (Phi) is 4.87. The number of primary amides is 1. The molecule has 3 N–H and O–H groups in total. The summed E-state index contributed by atoms with van der Waals surface area (Å²) in [5.74, 6) is -0.428. The highest BCUT2D eigenvalue weighted by atomic mass is 16.3. The van der Waals surface area contributed by atoms with E-state index < -0.39 is 11.5 Å². The number of piperidine rings is 1. The number of benzene rings is 1. The normalized spacial score (nSPS) is 21.6. The Hall–Kier alpha value is -2.25. The Balaban J connectivity index is 1.74. The lowest BCUT2D eigenvalue weighted by Gasteiger charge is -2.38. The van der Waals surface area contributed by atoms with Crippen LogP contribution in [0.4, 0.5) is 0 Å². The lowest BCUT2D eigenvalue weighted by Crippen LogP contribution is -2.46. The molecule has 7 heteroatoms. The number of nitrogens with zero attached hydrogens (tertiary/aromatic N) is 4. The van der Waals surface area contributed by atoms with Crippen molar-refractivity contribution in [2.75, 3.05) is 13.1 Å². The van der Waals surface area contributed by atoms with E-state index in [0.29, 0.717) is 30.8 Å². The quantitative estimate of drug-likeness (QED) is 0.856. The number of rotatable bonds is 5. The molecule has 0 unspecified atom stereocenters. The number of nitrogens with two attached hydrogens (primary N) is 1. The standard InChI is InChI=1S/C18H25N5O2/c1-13(2)23-11-16(20-21-23)18(25)7-4-8-22(12-18)10-14-5-3-6-15(9-14)17(19)24/h3,5-6,9,11,13,25H,4,7-8,10,12H2,1-2H3,(H2,19,24)/t18-/m0/s1. The highest BCUT2D eigenvalue weighted by Gasteiger charge is 2.37. The Morgan fingerprint density at radius 2 is 2.24 bits per heavy atom. The molecule has 1 saturated heterocycles. The van der Waals surface area contributed by atoms with E-state index in [0.717, 1.165) is 18.5 Å². The van der Waals surface area contributed by atoms with Gasteiger partial charge < -0.3 is 10.8 Å². The molecule has 1 aliphatic rings. The van der Waals surface area contributed by atoms with E-state index in [1.807, 2.05) is 38.2 Å². The number of carbonyl (C=O) groups is 1. The zero-order valence-corrected chi connectivity index (χ0v) is 14.7. The summed E-state index contributed by atoms with van der Waals surface area (Å²) in [5, 5.41) is 19.4. The largest absolute Gasteiger partial charge is 0.382 e. The lowest BCUT2D eigenvalue weighted by molar-refractivity contribution is -0.0414. The van der Waals surface area contributed by atoms with E-state index in [9.17, 15) is 9.90 Å². The van der Waals surface area contributed by atoms with E-state index in [4.69, 9.17) is 5.73 Å². The van der Waals surface area contributed by atoms with Crippen molar-refractivity contribution >= 4 is 5.91 Å².